The Bertz CT molecular complexity index is 712. The Morgan fingerprint density at radius 2 is 1.68 bits per heavy atom. The number of anilines is 1. The number of hydrogen-bond acceptors (Lipinski definition) is 1. The zero-order valence-corrected chi connectivity index (χ0v) is 17.0. The lowest BCUT2D eigenvalue weighted by Gasteiger charge is -2.21. The van der Waals surface area contributed by atoms with Crippen molar-refractivity contribution in [3.05, 3.63) is 64.2 Å². The van der Waals surface area contributed by atoms with Gasteiger partial charge in [-0.1, -0.05) is 62.7 Å². The molecule has 0 radical (unpaired) electrons. The van der Waals surface area contributed by atoms with Crippen molar-refractivity contribution in [2.45, 2.75) is 52.5 Å². The monoisotopic (exact) mass is 374 g/mol. The summed E-state index contributed by atoms with van der Waals surface area (Å²) in [5.41, 5.74) is 4.57. The van der Waals surface area contributed by atoms with Gasteiger partial charge in [-0.05, 0) is 66.7 Å². The summed E-state index contributed by atoms with van der Waals surface area (Å²) in [6.45, 7) is 8.62. The number of rotatable bonds is 6. The van der Waals surface area contributed by atoms with E-state index in [1.54, 1.807) is 0 Å². The van der Waals surface area contributed by atoms with Crippen LogP contribution in [-0.4, -0.2) is 5.11 Å². The molecule has 4 heteroatoms. The van der Waals surface area contributed by atoms with Gasteiger partial charge in [0.15, 0.2) is 5.11 Å². The van der Waals surface area contributed by atoms with E-state index in [4.69, 9.17) is 23.8 Å². The van der Waals surface area contributed by atoms with Crippen LogP contribution in [0, 0.1) is 6.92 Å². The summed E-state index contributed by atoms with van der Waals surface area (Å²) in [5, 5.41) is 8.03. The molecule has 0 aliphatic carbocycles. The van der Waals surface area contributed by atoms with E-state index in [0.29, 0.717) is 11.0 Å². The molecule has 2 unspecified atom stereocenters. The Morgan fingerprint density at radius 1 is 1.04 bits per heavy atom. The molecule has 0 amide bonds. The smallest absolute Gasteiger partial charge is 0.171 e. The van der Waals surface area contributed by atoms with Gasteiger partial charge in [0.1, 0.15) is 0 Å². The molecule has 0 aromatic heterocycles. The normalized spacial score (nSPS) is 13.2. The molecule has 0 aliphatic heterocycles. The topological polar surface area (TPSA) is 24.1 Å². The van der Waals surface area contributed by atoms with Gasteiger partial charge in [-0.3, -0.25) is 0 Å². The molecule has 2 nitrogen and oxygen atoms in total. The average Bonchev–Trinajstić information content (AvgIpc) is 2.63. The Labute approximate surface area is 162 Å². The van der Waals surface area contributed by atoms with Crippen molar-refractivity contribution in [2.24, 2.45) is 0 Å². The van der Waals surface area contributed by atoms with Gasteiger partial charge in [-0.15, -0.1) is 0 Å². The largest absolute Gasteiger partial charge is 0.356 e. The summed E-state index contributed by atoms with van der Waals surface area (Å²) in [4.78, 5) is 0. The highest BCUT2D eigenvalue weighted by Gasteiger charge is 2.12. The minimum Gasteiger partial charge on any atom is -0.356 e. The molecule has 0 saturated carbocycles. The molecule has 134 valence electrons. The van der Waals surface area contributed by atoms with Gasteiger partial charge >= 0.3 is 0 Å². The van der Waals surface area contributed by atoms with Gasteiger partial charge < -0.3 is 10.6 Å². The molecule has 2 aromatic carbocycles. The SMILES string of the molecule is CCC(C)c1ccc(C(CC)NC(=S)Nc2cccc(Cl)c2C)cc1. The predicted molar refractivity (Wildman–Crippen MR) is 114 cm³/mol. The van der Waals surface area contributed by atoms with Crippen LogP contribution >= 0.6 is 23.8 Å². The second-order valence-corrected chi connectivity index (χ2v) is 7.26. The lowest BCUT2D eigenvalue weighted by Crippen LogP contribution is -2.32. The number of thiocarbonyl (C=S) groups is 1. The standard InChI is InChI=1S/C21H27ClN2S/c1-5-14(3)16-10-12-17(13-11-16)19(6-2)23-21(25)24-20-9-7-8-18(22)15(20)4/h7-14,19H,5-6H2,1-4H3,(H2,23,24,25). The molecule has 2 atom stereocenters. The number of halogens is 1. The molecule has 25 heavy (non-hydrogen) atoms. The molecular formula is C21H27ClN2S. The fourth-order valence-electron chi connectivity index (χ4n) is 2.77. The molecular weight excluding hydrogens is 348 g/mol. The Balaban J connectivity index is 2.06. The van der Waals surface area contributed by atoms with E-state index in [1.165, 1.54) is 11.1 Å². The van der Waals surface area contributed by atoms with Crippen molar-refractivity contribution in [2.75, 3.05) is 5.32 Å². The first-order chi connectivity index (χ1) is 12.0. The lowest BCUT2D eigenvalue weighted by atomic mass is 9.95. The minimum atomic E-state index is 0.186. The van der Waals surface area contributed by atoms with Crippen LogP contribution in [0.2, 0.25) is 5.02 Å². The molecule has 2 rings (SSSR count). The third-order valence-corrected chi connectivity index (χ3v) is 5.38. The van der Waals surface area contributed by atoms with Crippen LogP contribution in [-0.2, 0) is 0 Å². The second-order valence-electron chi connectivity index (χ2n) is 6.45. The van der Waals surface area contributed by atoms with Crippen molar-refractivity contribution in [3.63, 3.8) is 0 Å². The minimum absolute atomic E-state index is 0.186. The highest BCUT2D eigenvalue weighted by atomic mass is 35.5. The molecule has 0 spiro atoms. The molecule has 0 heterocycles. The maximum absolute atomic E-state index is 6.17. The van der Waals surface area contributed by atoms with Gasteiger partial charge in [0, 0.05) is 10.7 Å². The molecule has 0 saturated heterocycles. The van der Waals surface area contributed by atoms with E-state index in [1.807, 2.05) is 25.1 Å². The maximum atomic E-state index is 6.17. The van der Waals surface area contributed by atoms with Crippen LogP contribution in [0.15, 0.2) is 42.5 Å². The highest BCUT2D eigenvalue weighted by Crippen LogP contribution is 2.25. The summed E-state index contributed by atoms with van der Waals surface area (Å²) in [5.74, 6) is 0.593. The third kappa shape index (κ3) is 5.20. The van der Waals surface area contributed by atoms with E-state index in [2.05, 4.69) is 55.7 Å². The van der Waals surface area contributed by atoms with Crippen molar-refractivity contribution in [1.29, 1.82) is 0 Å². The first-order valence-corrected chi connectivity index (χ1v) is 9.67. The fourth-order valence-corrected chi connectivity index (χ4v) is 3.20. The Kier molecular flexibility index (Phi) is 7.27. The predicted octanol–water partition coefficient (Wildman–Crippen LogP) is 6.60. The first kappa shape index (κ1) is 19.7. The highest BCUT2D eigenvalue weighted by molar-refractivity contribution is 7.80. The van der Waals surface area contributed by atoms with Gasteiger partial charge in [-0.2, -0.15) is 0 Å². The number of hydrogen-bond donors (Lipinski definition) is 2. The van der Waals surface area contributed by atoms with Gasteiger partial charge in [-0.25, -0.2) is 0 Å². The second kappa shape index (κ2) is 9.21. The van der Waals surface area contributed by atoms with Crippen LogP contribution in [0.25, 0.3) is 0 Å². The Hall–Kier alpha value is -1.58. The summed E-state index contributed by atoms with van der Waals surface area (Å²) in [6.07, 6.45) is 2.11. The first-order valence-electron chi connectivity index (χ1n) is 8.88. The molecule has 0 bridgehead atoms. The zero-order chi connectivity index (χ0) is 18.4. The van der Waals surface area contributed by atoms with Crippen molar-refractivity contribution in [1.82, 2.24) is 5.32 Å². The molecule has 0 fully saturated rings. The van der Waals surface area contributed by atoms with E-state index in [0.717, 1.165) is 29.1 Å². The summed E-state index contributed by atoms with van der Waals surface area (Å²) in [7, 11) is 0. The van der Waals surface area contributed by atoms with Gasteiger partial charge in [0.05, 0.1) is 6.04 Å². The van der Waals surface area contributed by atoms with Crippen LogP contribution < -0.4 is 10.6 Å². The average molecular weight is 375 g/mol. The van der Waals surface area contributed by atoms with E-state index < -0.39 is 0 Å². The van der Waals surface area contributed by atoms with Crippen LogP contribution in [0.4, 0.5) is 5.69 Å². The van der Waals surface area contributed by atoms with E-state index in [-0.39, 0.29) is 6.04 Å². The number of nitrogens with one attached hydrogen (secondary N) is 2. The van der Waals surface area contributed by atoms with Gasteiger partial charge in [0.2, 0.25) is 0 Å². The third-order valence-electron chi connectivity index (χ3n) is 4.75. The molecule has 0 aliphatic rings. The van der Waals surface area contributed by atoms with Crippen LogP contribution in [0.1, 0.15) is 62.3 Å². The van der Waals surface area contributed by atoms with Crippen molar-refractivity contribution < 1.29 is 0 Å². The van der Waals surface area contributed by atoms with E-state index in [9.17, 15) is 0 Å². The van der Waals surface area contributed by atoms with Gasteiger partial charge in [0.25, 0.3) is 0 Å². The maximum Gasteiger partial charge on any atom is 0.171 e. The molecule has 2 N–H and O–H groups in total. The molecule has 2 aromatic rings. The van der Waals surface area contributed by atoms with Crippen LogP contribution in [0.3, 0.4) is 0 Å². The summed E-state index contributed by atoms with van der Waals surface area (Å²) >= 11 is 11.7. The summed E-state index contributed by atoms with van der Waals surface area (Å²) < 4.78 is 0. The van der Waals surface area contributed by atoms with Crippen molar-refractivity contribution in [3.8, 4) is 0 Å². The van der Waals surface area contributed by atoms with E-state index >= 15 is 0 Å². The van der Waals surface area contributed by atoms with Crippen molar-refractivity contribution >= 4 is 34.6 Å². The quantitative estimate of drug-likeness (QED) is 0.557. The van der Waals surface area contributed by atoms with Crippen LogP contribution in [0.5, 0.6) is 0 Å². The number of benzene rings is 2. The zero-order valence-electron chi connectivity index (χ0n) is 15.4. The summed E-state index contributed by atoms with van der Waals surface area (Å²) in [6, 6.07) is 14.8. The fraction of sp³-hybridized carbons (Fsp3) is 0.381. The Morgan fingerprint density at radius 3 is 2.28 bits per heavy atom. The lowest BCUT2D eigenvalue weighted by molar-refractivity contribution is 0.628.